The van der Waals surface area contributed by atoms with Gasteiger partial charge in [-0.25, -0.2) is 0 Å². The first-order valence-electron chi connectivity index (χ1n) is 10.2. The number of hydrogen-bond acceptors (Lipinski definition) is 2. The minimum absolute atomic E-state index is 0.0308. The van der Waals surface area contributed by atoms with Crippen molar-refractivity contribution in [3.05, 3.63) is 65.7 Å². The molecule has 0 unspecified atom stereocenters. The molecule has 1 saturated heterocycles. The van der Waals surface area contributed by atoms with Crippen molar-refractivity contribution in [3.63, 3.8) is 0 Å². The van der Waals surface area contributed by atoms with E-state index in [0.717, 1.165) is 44.7 Å². The van der Waals surface area contributed by atoms with Gasteiger partial charge < -0.3 is 14.8 Å². The number of nitrogens with two attached hydrogens (primary N) is 1. The summed E-state index contributed by atoms with van der Waals surface area (Å²) in [5, 5.41) is 2.43. The summed E-state index contributed by atoms with van der Waals surface area (Å²) < 4.78 is 11.7. The molecule has 0 saturated carbocycles. The second-order valence-electron chi connectivity index (χ2n) is 8.27. The molecule has 3 nitrogen and oxygen atoms in total. The molecule has 0 radical (unpaired) electrons. The molecule has 2 N–H and O–H groups in total. The van der Waals surface area contributed by atoms with Crippen molar-refractivity contribution in [3.8, 4) is 5.75 Å². The highest BCUT2D eigenvalue weighted by atomic mass is 16.5. The van der Waals surface area contributed by atoms with E-state index in [0.29, 0.717) is 11.8 Å². The van der Waals surface area contributed by atoms with Crippen molar-refractivity contribution >= 4 is 0 Å². The molecule has 1 heterocycles. The average Bonchev–Trinajstić information content (AvgIpc) is 2.68. The first-order valence-corrected chi connectivity index (χ1v) is 10.2. The van der Waals surface area contributed by atoms with Gasteiger partial charge in [-0.15, -0.1) is 0 Å². The second kappa shape index (κ2) is 9.38. The summed E-state index contributed by atoms with van der Waals surface area (Å²) in [6, 6.07) is 19.3. The Morgan fingerprint density at radius 2 is 1.85 bits per heavy atom. The van der Waals surface area contributed by atoms with Gasteiger partial charge in [-0.05, 0) is 50.2 Å². The minimum Gasteiger partial charge on any atom is -0.496 e. The number of methoxy groups -OCH3 is 1. The van der Waals surface area contributed by atoms with E-state index in [1.165, 1.54) is 11.1 Å². The molecule has 1 aliphatic heterocycles. The minimum atomic E-state index is -0.0308. The first-order chi connectivity index (χ1) is 13.1. The normalized spacial score (nSPS) is 20.2. The molecular weight excluding hydrogens is 334 g/mol. The summed E-state index contributed by atoms with van der Waals surface area (Å²) in [6.45, 7) is 7.46. The van der Waals surface area contributed by atoms with E-state index in [1.807, 2.05) is 0 Å². The summed E-state index contributed by atoms with van der Waals surface area (Å²) in [6.07, 6.45) is 3.40. The van der Waals surface area contributed by atoms with Gasteiger partial charge in [0.05, 0.1) is 19.3 Å². The van der Waals surface area contributed by atoms with Crippen LogP contribution >= 0.6 is 0 Å². The van der Waals surface area contributed by atoms with Crippen LogP contribution in [0.5, 0.6) is 5.75 Å². The summed E-state index contributed by atoms with van der Waals surface area (Å²) >= 11 is 0. The highest BCUT2D eigenvalue weighted by Gasteiger charge is 2.35. The van der Waals surface area contributed by atoms with Gasteiger partial charge >= 0.3 is 0 Å². The van der Waals surface area contributed by atoms with Gasteiger partial charge in [0.1, 0.15) is 12.3 Å². The van der Waals surface area contributed by atoms with Crippen LogP contribution < -0.4 is 10.1 Å². The van der Waals surface area contributed by atoms with Crippen LogP contribution in [0.25, 0.3) is 0 Å². The van der Waals surface area contributed by atoms with Crippen molar-refractivity contribution in [2.24, 2.45) is 5.92 Å². The molecule has 0 spiro atoms. The molecule has 0 amide bonds. The third-order valence-electron chi connectivity index (χ3n) is 5.75. The highest BCUT2D eigenvalue weighted by molar-refractivity contribution is 5.36. The number of rotatable bonds is 8. The zero-order valence-corrected chi connectivity index (χ0v) is 17.0. The van der Waals surface area contributed by atoms with Gasteiger partial charge in [-0.1, -0.05) is 48.5 Å². The summed E-state index contributed by atoms with van der Waals surface area (Å²) in [4.78, 5) is 0. The fraction of sp³-hybridized carbons (Fsp3) is 0.500. The molecule has 2 atom stereocenters. The van der Waals surface area contributed by atoms with Crippen LogP contribution in [0.4, 0.5) is 0 Å². The molecule has 2 aromatic carbocycles. The zero-order chi connectivity index (χ0) is 19.1. The van der Waals surface area contributed by atoms with Crippen molar-refractivity contribution < 1.29 is 14.8 Å². The van der Waals surface area contributed by atoms with E-state index < -0.39 is 0 Å². The Morgan fingerprint density at radius 1 is 1.11 bits per heavy atom. The predicted octanol–water partition coefficient (Wildman–Crippen LogP) is 4.14. The standard InChI is InChI=1S/C24H33NO2/c1-24(2)17-20(14-16-27-24)21(22-11-7-8-12-23(22)26-3)13-15-25-18-19-9-5-4-6-10-19/h4-12,20-21,25H,13-18H2,1-3H3/p+1/t20-,21+/m1/s1. The Balaban J connectivity index is 1.69. The summed E-state index contributed by atoms with van der Waals surface area (Å²) in [5.74, 6) is 2.17. The number of hydrogen-bond donors (Lipinski definition) is 1. The van der Waals surface area contributed by atoms with Crippen LogP contribution in [0, 0.1) is 5.92 Å². The van der Waals surface area contributed by atoms with E-state index >= 15 is 0 Å². The van der Waals surface area contributed by atoms with Crippen molar-refractivity contribution in [1.82, 2.24) is 0 Å². The predicted molar refractivity (Wildman–Crippen MR) is 110 cm³/mol. The fourth-order valence-electron chi connectivity index (χ4n) is 4.42. The third kappa shape index (κ3) is 5.57. The lowest BCUT2D eigenvalue weighted by Crippen LogP contribution is -2.82. The monoisotopic (exact) mass is 368 g/mol. The number of ether oxygens (including phenoxy) is 2. The number of benzene rings is 2. The molecule has 27 heavy (non-hydrogen) atoms. The topological polar surface area (TPSA) is 35.1 Å². The Morgan fingerprint density at radius 3 is 2.59 bits per heavy atom. The molecule has 3 heteroatoms. The Labute approximate surface area is 164 Å². The van der Waals surface area contributed by atoms with Crippen molar-refractivity contribution in [2.45, 2.75) is 51.2 Å². The van der Waals surface area contributed by atoms with Gasteiger partial charge in [0.25, 0.3) is 0 Å². The largest absolute Gasteiger partial charge is 0.496 e. The van der Waals surface area contributed by atoms with Crippen LogP contribution in [0.15, 0.2) is 54.6 Å². The average molecular weight is 369 g/mol. The van der Waals surface area contributed by atoms with Gasteiger partial charge in [-0.3, -0.25) is 0 Å². The van der Waals surface area contributed by atoms with E-state index in [-0.39, 0.29) is 5.60 Å². The lowest BCUT2D eigenvalue weighted by molar-refractivity contribution is -0.671. The van der Waals surface area contributed by atoms with Crippen LogP contribution in [-0.2, 0) is 11.3 Å². The van der Waals surface area contributed by atoms with E-state index in [1.54, 1.807) is 7.11 Å². The molecule has 1 fully saturated rings. The maximum atomic E-state index is 5.98. The highest BCUT2D eigenvalue weighted by Crippen LogP contribution is 2.42. The smallest absolute Gasteiger partial charge is 0.122 e. The lowest BCUT2D eigenvalue weighted by Gasteiger charge is -2.39. The maximum Gasteiger partial charge on any atom is 0.122 e. The summed E-state index contributed by atoms with van der Waals surface area (Å²) in [5.41, 5.74) is 2.71. The van der Waals surface area contributed by atoms with Gasteiger partial charge in [-0.2, -0.15) is 0 Å². The van der Waals surface area contributed by atoms with Crippen molar-refractivity contribution in [2.75, 3.05) is 20.3 Å². The van der Waals surface area contributed by atoms with Crippen LogP contribution in [0.1, 0.15) is 50.2 Å². The molecular formula is C24H34NO2+. The Kier molecular flexibility index (Phi) is 6.92. The first kappa shape index (κ1) is 19.9. The molecule has 2 aromatic rings. The molecule has 1 aliphatic rings. The fourth-order valence-corrected chi connectivity index (χ4v) is 4.42. The second-order valence-corrected chi connectivity index (χ2v) is 8.27. The van der Waals surface area contributed by atoms with E-state index in [9.17, 15) is 0 Å². The van der Waals surface area contributed by atoms with E-state index in [2.05, 4.69) is 73.8 Å². The quantitative estimate of drug-likeness (QED) is 0.711. The van der Waals surface area contributed by atoms with Gasteiger partial charge in [0.2, 0.25) is 0 Å². The molecule has 0 aliphatic carbocycles. The zero-order valence-electron chi connectivity index (χ0n) is 17.0. The van der Waals surface area contributed by atoms with Crippen LogP contribution in [0.3, 0.4) is 0 Å². The number of para-hydroxylation sites is 1. The molecule has 0 bridgehead atoms. The molecule has 0 aromatic heterocycles. The van der Waals surface area contributed by atoms with Gasteiger partial charge in [0, 0.05) is 18.6 Å². The Hall–Kier alpha value is -1.84. The number of quaternary nitrogens is 1. The summed E-state index contributed by atoms with van der Waals surface area (Å²) in [7, 11) is 1.78. The van der Waals surface area contributed by atoms with Crippen LogP contribution in [0.2, 0.25) is 0 Å². The maximum absolute atomic E-state index is 5.98. The SMILES string of the molecule is COc1ccccc1[C@@H](CC[NH2+]Cc1ccccc1)[C@@H]1CCOC(C)(C)C1. The van der Waals surface area contributed by atoms with E-state index in [4.69, 9.17) is 9.47 Å². The lowest BCUT2D eigenvalue weighted by atomic mass is 9.75. The molecule has 146 valence electrons. The van der Waals surface area contributed by atoms with Crippen molar-refractivity contribution in [1.29, 1.82) is 0 Å². The van der Waals surface area contributed by atoms with Gasteiger partial charge in [0.15, 0.2) is 0 Å². The van der Waals surface area contributed by atoms with Crippen LogP contribution in [-0.4, -0.2) is 25.9 Å². The third-order valence-corrected chi connectivity index (χ3v) is 5.75. The Bertz CT molecular complexity index is 699. The molecule has 3 rings (SSSR count).